The molecule has 16 heavy (non-hydrogen) atoms. The molecule has 1 rings (SSSR count). The first-order chi connectivity index (χ1) is 7.27. The van der Waals surface area contributed by atoms with Gasteiger partial charge in [-0.1, -0.05) is 20.3 Å². The van der Waals surface area contributed by atoms with Gasteiger partial charge in [-0.3, -0.25) is 0 Å². The highest BCUT2D eigenvalue weighted by Gasteiger charge is 2.31. The Labute approximate surface area is 98.5 Å². The smallest absolute Gasteiger partial charge is 0.216 e. The van der Waals surface area contributed by atoms with Gasteiger partial charge < -0.3 is 5.11 Å². The molecule has 0 aliphatic heterocycles. The van der Waals surface area contributed by atoms with Crippen LogP contribution in [0, 0.1) is 5.41 Å². The third-order valence-electron chi connectivity index (χ3n) is 3.32. The first-order valence-corrected chi connectivity index (χ1v) is 7.43. The topological polar surface area (TPSA) is 66.4 Å². The average Bonchev–Trinajstić information content (AvgIpc) is 2.14. The lowest BCUT2D eigenvalue weighted by molar-refractivity contribution is 0.211. The van der Waals surface area contributed by atoms with E-state index in [0.29, 0.717) is 0 Å². The van der Waals surface area contributed by atoms with Gasteiger partial charge in [-0.25, -0.2) is 13.1 Å². The van der Waals surface area contributed by atoms with Crippen LogP contribution in [0.1, 0.15) is 46.5 Å². The monoisotopic (exact) mass is 249 g/mol. The van der Waals surface area contributed by atoms with E-state index in [2.05, 4.69) is 18.6 Å². The molecule has 0 saturated heterocycles. The van der Waals surface area contributed by atoms with Gasteiger partial charge in [0.25, 0.3) is 0 Å². The minimum Gasteiger partial charge on any atom is -0.395 e. The van der Waals surface area contributed by atoms with Crippen LogP contribution in [0.4, 0.5) is 0 Å². The zero-order valence-electron chi connectivity index (χ0n) is 10.4. The molecule has 0 amide bonds. The first kappa shape index (κ1) is 13.9. The van der Waals surface area contributed by atoms with Crippen LogP contribution in [0.5, 0.6) is 0 Å². The van der Waals surface area contributed by atoms with E-state index >= 15 is 0 Å². The highest BCUT2D eigenvalue weighted by atomic mass is 32.2. The second-order valence-corrected chi connectivity index (χ2v) is 7.74. The zero-order chi connectivity index (χ0) is 12.4. The first-order valence-electron chi connectivity index (χ1n) is 5.89. The van der Waals surface area contributed by atoms with Gasteiger partial charge in [-0.05, 0) is 31.6 Å². The number of aliphatic hydroxyl groups is 1. The van der Waals surface area contributed by atoms with Gasteiger partial charge >= 0.3 is 0 Å². The number of aliphatic hydroxyl groups excluding tert-OH is 1. The molecular weight excluding hydrogens is 226 g/mol. The van der Waals surface area contributed by atoms with Crippen LogP contribution >= 0.6 is 0 Å². The summed E-state index contributed by atoms with van der Waals surface area (Å²) in [5, 5.41) is 8.16. The molecule has 0 aromatic rings. The van der Waals surface area contributed by atoms with Gasteiger partial charge in [-0.15, -0.1) is 0 Å². The van der Waals surface area contributed by atoms with E-state index in [1.54, 1.807) is 0 Å². The number of sulfonamides is 1. The summed E-state index contributed by atoms with van der Waals surface area (Å²) in [7, 11) is -3.36. The van der Waals surface area contributed by atoms with Crippen molar-refractivity contribution in [2.24, 2.45) is 5.41 Å². The molecule has 2 unspecified atom stereocenters. The number of hydrogen-bond acceptors (Lipinski definition) is 3. The van der Waals surface area contributed by atoms with Gasteiger partial charge in [0, 0.05) is 6.04 Å². The van der Waals surface area contributed by atoms with E-state index in [1.165, 1.54) is 6.92 Å². The Kier molecular flexibility index (Phi) is 4.37. The predicted molar refractivity (Wildman–Crippen MR) is 64.6 cm³/mol. The van der Waals surface area contributed by atoms with Crippen LogP contribution < -0.4 is 4.72 Å². The molecule has 4 nitrogen and oxygen atoms in total. The molecule has 0 heterocycles. The predicted octanol–water partition coefficient (Wildman–Crippen LogP) is 1.26. The Morgan fingerprint density at radius 3 is 2.62 bits per heavy atom. The second kappa shape index (κ2) is 5.02. The molecule has 0 radical (unpaired) electrons. The quantitative estimate of drug-likeness (QED) is 0.788. The molecule has 1 fully saturated rings. The largest absolute Gasteiger partial charge is 0.395 e. The average molecular weight is 249 g/mol. The molecule has 96 valence electrons. The molecule has 0 aromatic heterocycles. The molecule has 1 aliphatic carbocycles. The van der Waals surface area contributed by atoms with E-state index in [-0.39, 0.29) is 18.1 Å². The molecular formula is C11H23NO3S. The molecule has 0 spiro atoms. The van der Waals surface area contributed by atoms with Gasteiger partial charge in [-0.2, -0.15) is 0 Å². The van der Waals surface area contributed by atoms with Crippen LogP contribution in [0.25, 0.3) is 0 Å². The number of nitrogens with one attached hydrogen (secondary N) is 1. The van der Waals surface area contributed by atoms with Crippen molar-refractivity contribution in [3.05, 3.63) is 0 Å². The van der Waals surface area contributed by atoms with Gasteiger partial charge in [0.05, 0.1) is 11.9 Å². The fraction of sp³-hybridized carbons (Fsp3) is 1.00. The number of hydrogen-bond donors (Lipinski definition) is 2. The van der Waals surface area contributed by atoms with Crippen LogP contribution in [0.3, 0.4) is 0 Å². The molecule has 0 bridgehead atoms. The molecule has 2 N–H and O–H groups in total. The van der Waals surface area contributed by atoms with E-state index in [4.69, 9.17) is 5.11 Å². The van der Waals surface area contributed by atoms with E-state index < -0.39 is 15.3 Å². The maximum atomic E-state index is 11.8. The Balaban J connectivity index is 2.61. The van der Waals surface area contributed by atoms with E-state index in [1.807, 2.05) is 0 Å². The molecule has 1 aliphatic rings. The van der Waals surface area contributed by atoms with Crippen molar-refractivity contribution in [3.63, 3.8) is 0 Å². The van der Waals surface area contributed by atoms with Crippen LogP contribution in [0.2, 0.25) is 0 Å². The Hall–Kier alpha value is -0.130. The van der Waals surface area contributed by atoms with E-state index in [9.17, 15) is 8.42 Å². The highest BCUT2D eigenvalue weighted by Crippen LogP contribution is 2.35. The fourth-order valence-corrected chi connectivity index (χ4v) is 3.34. The summed E-state index contributed by atoms with van der Waals surface area (Å²) in [5.74, 6) is 0. The lowest BCUT2D eigenvalue weighted by Crippen LogP contribution is -2.44. The second-order valence-electron chi connectivity index (χ2n) is 5.61. The van der Waals surface area contributed by atoms with Crippen molar-refractivity contribution in [1.82, 2.24) is 4.72 Å². The maximum Gasteiger partial charge on any atom is 0.216 e. The summed E-state index contributed by atoms with van der Waals surface area (Å²) in [6, 6.07) is 0.0303. The third kappa shape index (κ3) is 3.71. The van der Waals surface area contributed by atoms with Gasteiger partial charge in [0.2, 0.25) is 10.0 Å². The summed E-state index contributed by atoms with van der Waals surface area (Å²) < 4.78 is 26.3. The number of rotatable bonds is 4. The van der Waals surface area contributed by atoms with Crippen molar-refractivity contribution in [2.75, 3.05) is 6.61 Å². The zero-order valence-corrected chi connectivity index (χ0v) is 11.2. The summed E-state index contributed by atoms with van der Waals surface area (Å²) in [6.45, 7) is 5.54. The molecule has 1 saturated carbocycles. The molecule has 0 aromatic carbocycles. The van der Waals surface area contributed by atoms with Crippen molar-refractivity contribution in [3.8, 4) is 0 Å². The SMILES string of the molecule is CC(CO)S(=O)(=O)NC1CCCC(C)(C)C1. The van der Waals surface area contributed by atoms with Crippen LogP contribution in [-0.2, 0) is 10.0 Å². The van der Waals surface area contributed by atoms with Gasteiger partial charge in [0.1, 0.15) is 0 Å². The van der Waals surface area contributed by atoms with Crippen LogP contribution in [-0.4, -0.2) is 31.4 Å². The summed E-state index contributed by atoms with van der Waals surface area (Å²) in [6.07, 6.45) is 4.00. The molecule has 2 atom stereocenters. The van der Waals surface area contributed by atoms with Crippen molar-refractivity contribution in [2.45, 2.75) is 57.7 Å². The van der Waals surface area contributed by atoms with Gasteiger partial charge in [0.15, 0.2) is 0 Å². The summed E-state index contributed by atoms with van der Waals surface area (Å²) >= 11 is 0. The third-order valence-corrected chi connectivity index (χ3v) is 5.19. The standard InChI is InChI=1S/C11H23NO3S/c1-9(8-13)16(14,15)12-10-5-4-6-11(2,3)7-10/h9-10,12-13H,4-8H2,1-3H3. The van der Waals surface area contributed by atoms with Crippen molar-refractivity contribution >= 4 is 10.0 Å². The molecule has 5 heteroatoms. The Morgan fingerprint density at radius 1 is 1.50 bits per heavy atom. The lowest BCUT2D eigenvalue weighted by atomic mass is 9.75. The fourth-order valence-electron chi connectivity index (χ4n) is 2.25. The Bertz CT molecular complexity index is 324. The minimum absolute atomic E-state index is 0.0303. The van der Waals surface area contributed by atoms with Crippen molar-refractivity contribution in [1.29, 1.82) is 0 Å². The highest BCUT2D eigenvalue weighted by molar-refractivity contribution is 7.90. The summed E-state index contributed by atoms with van der Waals surface area (Å²) in [4.78, 5) is 0. The minimum atomic E-state index is -3.36. The van der Waals surface area contributed by atoms with Crippen LogP contribution in [0.15, 0.2) is 0 Å². The normalized spacial score (nSPS) is 27.6. The summed E-state index contributed by atoms with van der Waals surface area (Å²) in [5.41, 5.74) is 0.216. The van der Waals surface area contributed by atoms with Crippen molar-refractivity contribution < 1.29 is 13.5 Å². The lowest BCUT2D eigenvalue weighted by Gasteiger charge is -2.35. The maximum absolute atomic E-state index is 11.8. The van der Waals surface area contributed by atoms with E-state index in [0.717, 1.165) is 25.7 Å². The Morgan fingerprint density at radius 2 is 2.12 bits per heavy atom.